The van der Waals surface area contributed by atoms with Gasteiger partial charge in [-0.25, -0.2) is 0 Å². The first kappa shape index (κ1) is 11.3. The lowest BCUT2D eigenvalue weighted by atomic mass is 10.0. The molecule has 0 amide bonds. The van der Waals surface area contributed by atoms with Gasteiger partial charge < -0.3 is 0 Å². The molecule has 0 spiro atoms. The Balaban J connectivity index is 2.18. The van der Waals surface area contributed by atoms with Crippen LogP contribution in [0.3, 0.4) is 0 Å². The van der Waals surface area contributed by atoms with E-state index < -0.39 is 0 Å². The summed E-state index contributed by atoms with van der Waals surface area (Å²) in [5, 5.41) is 0. The van der Waals surface area contributed by atoms with Gasteiger partial charge in [-0.05, 0) is 24.1 Å². The van der Waals surface area contributed by atoms with Crippen molar-refractivity contribution in [2.75, 3.05) is 0 Å². The summed E-state index contributed by atoms with van der Waals surface area (Å²) in [4.78, 5) is 12.0. The lowest BCUT2D eigenvalue weighted by molar-refractivity contribution is 0.104. The Labute approximate surface area is 101 Å². The zero-order valence-electron chi connectivity index (χ0n) is 9.76. The zero-order chi connectivity index (χ0) is 12.1. The number of aryl methyl sites for hydroxylation is 1. The molecule has 2 aromatic rings. The van der Waals surface area contributed by atoms with Crippen LogP contribution in [0.4, 0.5) is 0 Å². The Morgan fingerprint density at radius 2 is 1.59 bits per heavy atom. The maximum Gasteiger partial charge on any atom is 0.186 e. The molecule has 0 radical (unpaired) electrons. The summed E-state index contributed by atoms with van der Waals surface area (Å²) in [5.74, 6) is 0.0481. The molecule has 17 heavy (non-hydrogen) atoms. The highest BCUT2D eigenvalue weighted by molar-refractivity contribution is 6.07. The maximum atomic E-state index is 12.0. The van der Waals surface area contributed by atoms with E-state index in [1.807, 2.05) is 67.6 Å². The van der Waals surface area contributed by atoms with Crippen molar-refractivity contribution in [1.82, 2.24) is 0 Å². The molecule has 0 saturated carbocycles. The largest absolute Gasteiger partial charge is 0.289 e. The van der Waals surface area contributed by atoms with Crippen molar-refractivity contribution < 1.29 is 4.79 Å². The van der Waals surface area contributed by atoms with E-state index in [1.54, 1.807) is 6.08 Å². The van der Waals surface area contributed by atoms with Gasteiger partial charge in [0.25, 0.3) is 0 Å². The van der Waals surface area contributed by atoms with Gasteiger partial charge in [0.05, 0.1) is 0 Å². The van der Waals surface area contributed by atoms with Crippen LogP contribution in [0.1, 0.15) is 21.5 Å². The third kappa shape index (κ3) is 2.91. The number of hydrogen-bond donors (Lipinski definition) is 0. The minimum absolute atomic E-state index is 0.0481. The molecular formula is C16H14O. The van der Waals surface area contributed by atoms with Crippen LogP contribution >= 0.6 is 0 Å². The Hall–Kier alpha value is -2.15. The topological polar surface area (TPSA) is 17.1 Å². The van der Waals surface area contributed by atoms with E-state index in [4.69, 9.17) is 0 Å². The number of rotatable bonds is 3. The third-order valence-corrected chi connectivity index (χ3v) is 2.64. The summed E-state index contributed by atoms with van der Waals surface area (Å²) in [6.07, 6.45) is 3.46. The average Bonchev–Trinajstić information content (AvgIpc) is 2.38. The molecule has 2 aromatic carbocycles. The fraction of sp³-hybridized carbons (Fsp3) is 0.0625. The highest BCUT2D eigenvalue weighted by Gasteiger charge is 2.03. The molecule has 0 aliphatic carbocycles. The first-order chi connectivity index (χ1) is 8.27. The Morgan fingerprint density at radius 1 is 0.941 bits per heavy atom. The van der Waals surface area contributed by atoms with Crippen molar-refractivity contribution in [2.45, 2.75) is 6.92 Å². The minimum atomic E-state index is 0.0481. The fourth-order valence-electron chi connectivity index (χ4n) is 1.68. The smallest absolute Gasteiger partial charge is 0.186 e. The van der Waals surface area contributed by atoms with E-state index in [0.717, 1.165) is 16.7 Å². The van der Waals surface area contributed by atoms with E-state index in [1.165, 1.54) is 0 Å². The summed E-state index contributed by atoms with van der Waals surface area (Å²) in [6.45, 7) is 1.95. The second-order valence-corrected chi connectivity index (χ2v) is 3.92. The standard InChI is InChI=1S/C16H14O/c1-13-7-5-6-10-15(13)16(17)12-11-14-8-3-2-4-9-14/h2-12H,1H3/b12-11+. The van der Waals surface area contributed by atoms with Gasteiger partial charge >= 0.3 is 0 Å². The molecule has 0 aromatic heterocycles. The fourth-order valence-corrected chi connectivity index (χ4v) is 1.68. The van der Waals surface area contributed by atoms with Crippen molar-refractivity contribution in [1.29, 1.82) is 0 Å². The van der Waals surface area contributed by atoms with Gasteiger partial charge in [-0.15, -0.1) is 0 Å². The predicted octanol–water partition coefficient (Wildman–Crippen LogP) is 3.89. The number of allylic oxidation sites excluding steroid dienone is 1. The van der Waals surface area contributed by atoms with Crippen LogP contribution in [0, 0.1) is 6.92 Å². The van der Waals surface area contributed by atoms with Crippen LogP contribution in [0.5, 0.6) is 0 Å². The van der Waals surface area contributed by atoms with Crippen LogP contribution in [-0.2, 0) is 0 Å². The quantitative estimate of drug-likeness (QED) is 0.568. The Bertz CT molecular complexity index is 538. The lowest BCUT2D eigenvalue weighted by Gasteiger charge is -2.00. The van der Waals surface area contributed by atoms with Crippen LogP contribution in [0.15, 0.2) is 60.7 Å². The number of benzene rings is 2. The molecule has 0 bridgehead atoms. The van der Waals surface area contributed by atoms with E-state index >= 15 is 0 Å². The van der Waals surface area contributed by atoms with Crippen molar-refractivity contribution >= 4 is 11.9 Å². The van der Waals surface area contributed by atoms with E-state index in [-0.39, 0.29) is 5.78 Å². The molecule has 0 saturated heterocycles. The number of ketones is 1. The molecule has 1 heteroatoms. The van der Waals surface area contributed by atoms with Gasteiger partial charge in [0.15, 0.2) is 5.78 Å². The van der Waals surface area contributed by atoms with Crippen LogP contribution in [0.25, 0.3) is 6.08 Å². The van der Waals surface area contributed by atoms with E-state index in [2.05, 4.69) is 0 Å². The molecule has 2 rings (SSSR count). The Morgan fingerprint density at radius 3 is 2.29 bits per heavy atom. The second kappa shape index (κ2) is 5.26. The van der Waals surface area contributed by atoms with Crippen molar-refractivity contribution in [3.05, 3.63) is 77.4 Å². The van der Waals surface area contributed by atoms with Gasteiger partial charge in [0, 0.05) is 5.56 Å². The van der Waals surface area contributed by atoms with Gasteiger partial charge in [0.1, 0.15) is 0 Å². The summed E-state index contributed by atoms with van der Waals surface area (Å²) < 4.78 is 0. The highest BCUT2D eigenvalue weighted by Crippen LogP contribution is 2.10. The SMILES string of the molecule is Cc1ccccc1C(=O)/C=C/c1ccccc1. The normalized spacial score (nSPS) is 10.6. The lowest BCUT2D eigenvalue weighted by Crippen LogP contribution is -1.96. The molecule has 0 atom stereocenters. The van der Waals surface area contributed by atoms with Gasteiger partial charge in [0.2, 0.25) is 0 Å². The van der Waals surface area contributed by atoms with Crippen LogP contribution in [0.2, 0.25) is 0 Å². The summed E-state index contributed by atoms with van der Waals surface area (Å²) in [6, 6.07) is 17.4. The van der Waals surface area contributed by atoms with E-state index in [0.29, 0.717) is 0 Å². The summed E-state index contributed by atoms with van der Waals surface area (Å²) >= 11 is 0. The molecular weight excluding hydrogens is 208 g/mol. The summed E-state index contributed by atoms with van der Waals surface area (Å²) in [7, 11) is 0. The first-order valence-corrected chi connectivity index (χ1v) is 5.60. The second-order valence-electron chi connectivity index (χ2n) is 3.92. The maximum absolute atomic E-state index is 12.0. The highest BCUT2D eigenvalue weighted by atomic mass is 16.1. The van der Waals surface area contributed by atoms with Crippen molar-refractivity contribution in [3.8, 4) is 0 Å². The van der Waals surface area contributed by atoms with E-state index in [9.17, 15) is 4.79 Å². The number of carbonyl (C=O) groups excluding carboxylic acids is 1. The molecule has 0 aliphatic heterocycles. The minimum Gasteiger partial charge on any atom is -0.289 e. The summed E-state index contributed by atoms with van der Waals surface area (Å²) in [5.41, 5.74) is 2.81. The third-order valence-electron chi connectivity index (χ3n) is 2.64. The molecule has 0 fully saturated rings. The molecule has 0 aliphatic rings. The Kier molecular flexibility index (Phi) is 3.51. The number of carbonyl (C=O) groups is 1. The van der Waals surface area contributed by atoms with Crippen molar-refractivity contribution in [3.63, 3.8) is 0 Å². The van der Waals surface area contributed by atoms with Crippen LogP contribution in [-0.4, -0.2) is 5.78 Å². The van der Waals surface area contributed by atoms with Gasteiger partial charge in [-0.1, -0.05) is 60.7 Å². The first-order valence-electron chi connectivity index (χ1n) is 5.60. The van der Waals surface area contributed by atoms with Gasteiger partial charge in [-0.2, -0.15) is 0 Å². The molecule has 0 heterocycles. The monoisotopic (exact) mass is 222 g/mol. The predicted molar refractivity (Wildman–Crippen MR) is 71.0 cm³/mol. The van der Waals surface area contributed by atoms with Crippen LogP contribution < -0.4 is 0 Å². The van der Waals surface area contributed by atoms with Crippen molar-refractivity contribution in [2.24, 2.45) is 0 Å². The molecule has 84 valence electrons. The molecule has 0 N–H and O–H groups in total. The van der Waals surface area contributed by atoms with Gasteiger partial charge in [-0.3, -0.25) is 4.79 Å². The number of hydrogen-bond acceptors (Lipinski definition) is 1. The molecule has 1 nitrogen and oxygen atoms in total. The average molecular weight is 222 g/mol. The zero-order valence-corrected chi connectivity index (χ0v) is 9.76. The molecule has 0 unspecified atom stereocenters.